The van der Waals surface area contributed by atoms with E-state index in [2.05, 4.69) is 16.1 Å². The summed E-state index contributed by atoms with van der Waals surface area (Å²) in [4.78, 5) is 2.72. The minimum absolute atomic E-state index is 0.333. The Morgan fingerprint density at radius 2 is 2.43 bits per heavy atom. The van der Waals surface area contributed by atoms with Gasteiger partial charge in [0.1, 0.15) is 0 Å². The van der Waals surface area contributed by atoms with Crippen LogP contribution in [0.3, 0.4) is 0 Å². The van der Waals surface area contributed by atoms with Crippen LogP contribution in [0, 0.1) is 11.8 Å². The first-order chi connectivity index (χ1) is 6.65. The Balaban J connectivity index is 1.84. The molecular formula is C10H15N3O. The standard InChI is InChI=1S/C10H15N3O/c1-7(6-12-13-11)4-8-5-9(8)10(14)2-3-10/h4,8-9,14H,2-3,5-6H2,1H3/b7-4-. The van der Waals surface area contributed by atoms with E-state index < -0.39 is 0 Å². The molecule has 4 nitrogen and oxygen atoms in total. The zero-order valence-corrected chi connectivity index (χ0v) is 8.35. The van der Waals surface area contributed by atoms with Gasteiger partial charge in [0, 0.05) is 11.5 Å². The number of aliphatic hydroxyl groups is 1. The number of hydrogen-bond donors (Lipinski definition) is 1. The molecule has 0 aromatic carbocycles. The van der Waals surface area contributed by atoms with Crippen LogP contribution >= 0.6 is 0 Å². The van der Waals surface area contributed by atoms with Crippen molar-refractivity contribution in [3.8, 4) is 0 Å². The molecule has 0 radical (unpaired) electrons. The molecule has 0 bridgehead atoms. The minimum atomic E-state index is -0.333. The lowest BCUT2D eigenvalue weighted by Gasteiger charge is -2.03. The van der Waals surface area contributed by atoms with E-state index in [1.807, 2.05) is 6.92 Å². The average Bonchev–Trinajstić information content (AvgIpc) is 3.01. The monoisotopic (exact) mass is 193 g/mol. The highest BCUT2D eigenvalue weighted by Crippen LogP contribution is 2.58. The van der Waals surface area contributed by atoms with Crippen molar-refractivity contribution >= 4 is 0 Å². The summed E-state index contributed by atoms with van der Waals surface area (Å²) in [7, 11) is 0. The molecule has 2 unspecified atom stereocenters. The van der Waals surface area contributed by atoms with Crippen molar-refractivity contribution in [1.82, 2.24) is 0 Å². The molecular weight excluding hydrogens is 178 g/mol. The topological polar surface area (TPSA) is 69.0 Å². The molecule has 0 aromatic heterocycles. The van der Waals surface area contributed by atoms with E-state index in [1.165, 1.54) is 0 Å². The third-order valence-electron chi connectivity index (χ3n) is 3.17. The van der Waals surface area contributed by atoms with Crippen LogP contribution in [0.25, 0.3) is 10.4 Å². The number of azide groups is 1. The lowest BCUT2D eigenvalue weighted by molar-refractivity contribution is 0.122. The Hall–Kier alpha value is -0.990. The molecule has 4 heteroatoms. The first-order valence-electron chi connectivity index (χ1n) is 5.06. The van der Waals surface area contributed by atoms with Crippen LogP contribution in [-0.2, 0) is 0 Å². The Morgan fingerprint density at radius 3 is 3.00 bits per heavy atom. The van der Waals surface area contributed by atoms with Crippen molar-refractivity contribution in [1.29, 1.82) is 0 Å². The van der Waals surface area contributed by atoms with E-state index in [-0.39, 0.29) is 5.60 Å². The molecule has 0 aromatic rings. The third-order valence-corrected chi connectivity index (χ3v) is 3.17. The van der Waals surface area contributed by atoms with Gasteiger partial charge in [-0.1, -0.05) is 16.8 Å². The highest BCUT2D eigenvalue weighted by atomic mass is 16.3. The Labute approximate surface area is 83.3 Å². The molecule has 2 aliphatic rings. The third kappa shape index (κ3) is 1.91. The summed E-state index contributed by atoms with van der Waals surface area (Å²) in [6.07, 6.45) is 5.19. The minimum Gasteiger partial charge on any atom is -0.390 e. The van der Waals surface area contributed by atoms with Crippen molar-refractivity contribution in [2.24, 2.45) is 17.0 Å². The maximum absolute atomic E-state index is 9.82. The quantitative estimate of drug-likeness (QED) is 0.317. The van der Waals surface area contributed by atoms with Gasteiger partial charge in [-0.25, -0.2) is 0 Å². The van der Waals surface area contributed by atoms with Crippen LogP contribution in [0.5, 0.6) is 0 Å². The summed E-state index contributed by atoms with van der Waals surface area (Å²) < 4.78 is 0. The zero-order valence-electron chi connectivity index (χ0n) is 8.35. The molecule has 0 heterocycles. The Morgan fingerprint density at radius 1 is 1.71 bits per heavy atom. The summed E-state index contributed by atoms with van der Waals surface area (Å²) in [6.45, 7) is 2.43. The first-order valence-corrected chi connectivity index (χ1v) is 5.06. The highest BCUT2D eigenvalue weighted by Gasteiger charge is 2.57. The molecule has 1 N–H and O–H groups in total. The number of hydrogen-bond acceptors (Lipinski definition) is 2. The smallest absolute Gasteiger partial charge is 0.0683 e. The van der Waals surface area contributed by atoms with Gasteiger partial charge < -0.3 is 5.11 Å². The van der Waals surface area contributed by atoms with Crippen molar-refractivity contribution in [3.63, 3.8) is 0 Å². The molecule has 2 rings (SSSR count). The summed E-state index contributed by atoms with van der Waals surface area (Å²) in [6, 6.07) is 0. The fraction of sp³-hybridized carbons (Fsp3) is 0.800. The molecule has 76 valence electrons. The van der Waals surface area contributed by atoms with Gasteiger partial charge in [0.25, 0.3) is 0 Å². The van der Waals surface area contributed by atoms with Crippen LogP contribution in [0.15, 0.2) is 16.8 Å². The molecule has 2 saturated carbocycles. The van der Waals surface area contributed by atoms with Crippen molar-refractivity contribution < 1.29 is 5.11 Å². The number of nitrogens with zero attached hydrogens (tertiary/aromatic N) is 3. The predicted molar refractivity (Wildman–Crippen MR) is 53.6 cm³/mol. The largest absolute Gasteiger partial charge is 0.390 e. The van der Waals surface area contributed by atoms with Crippen molar-refractivity contribution in [3.05, 3.63) is 22.1 Å². The van der Waals surface area contributed by atoms with Crippen molar-refractivity contribution in [2.75, 3.05) is 6.54 Å². The van der Waals surface area contributed by atoms with E-state index in [4.69, 9.17) is 5.53 Å². The van der Waals surface area contributed by atoms with E-state index in [9.17, 15) is 5.11 Å². The van der Waals surface area contributed by atoms with Crippen molar-refractivity contribution in [2.45, 2.75) is 31.8 Å². The summed E-state index contributed by atoms with van der Waals surface area (Å²) in [5.41, 5.74) is 8.92. The van der Waals surface area contributed by atoms with E-state index in [0.717, 1.165) is 24.8 Å². The zero-order chi connectivity index (χ0) is 10.2. The lowest BCUT2D eigenvalue weighted by atomic mass is 10.1. The summed E-state index contributed by atoms with van der Waals surface area (Å²) >= 11 is 0. The SMILES string of the molecule is C/C(=C/C1CC1C1(O)CC1)CN=[N+]=[N-]. The van der Waals surface area contributed by atoms with Gasteiger partial charge >= 0.3 is 0 Å². The highest BCUT2D eigenvalue weighted by molar-refractivity contribution is 5.18. The molecule has 2 atom stereocenters. The van der Waals surface area contributed by atoms with Gasteiger partial charge in [0.2, 0.25) is 0 Å². The van der Waals surface area contributed by atoms with Gasteiger partial charge in [-0.15, -0.1) is 0 Å². The van der Waals surface area contributed by atoms with Gasteiger partial charge in [-0.3, -0.25) is 0 Å². The second kappa shape index (κ2) is 3.30. The molecule has 0 saturated heterocycles. The fourth-order valence-electron chi connectivity index (χ4n) is 2.08. The van der Waals surface area contributed by atoms with Gasteiger partial charge in [0.15, 0.2) is 0 Å². The normalized spacial score (nSPS) is 33.4. The number of rotatable bonds is 4. The van der Waals surface area contributed by atoms with Gasteiger partial charge in [-0.05, 0) is 43.6 Å². The van der Waals surface area contributed by atoms with Crippen LogP contribution < -0.4 is 0 Å². The maximum Gasteiger partial charge on any atom is 0.0683 e. The van der Waals surface area contributed by atoms with E-state index in [0.29, 0.717) is 18.4 Å². The molecule has 2 fully saturated rings. The predicted octanol–water partition coefficient (Wildman–Crippen LogP) is 2.40. The number of allylic oxidation sites excluding steroid dienone is 1. The molecule has 0 aliphatic heterocycles. The Kier molecular flexibility index (Phi) is 2.25. The van der Waals surface area contributed by atoms with Gasteiger partial charge in [-0.2, -0.15) is 0 Å². The van der Waals surface area contributed by atoms with Crippen LogP contribution in [-0.4, -0.2) is 17.3 Å². The molecule has 14 heavy (non-hydrogen) atoms. The maximum atomic E-state index is 9.82. The lowest BCUT2D eigenvalue weighted by Crippen LogP contribution is -2.10. The van der Waals surface area contributed by atoms with E-state index >= 15 is 0 Å². The first kappa shape index (κ1) is 9.56. The second-order valence-corrected chi connectivity index (χ2v) is 4.51. The summed E-state index contributed by atoms with van der Waals surface area (Å²) in [5.74, 6) is 1.000. The fourth-order valence-corrected chi connectivity index (χ4v) is 2.08. The van der Waals surface area contributed by atoms with Crippen LogP contribution in [0.2, 0.25) is 0 Å². The van der Waals surface area contributed by atoms with Gasteiger partial charge in [0.05, 0.1) is 5.60 Å². The average molecular weight is 193 g/mol. The summed E-state index contributed by atoms with van der Waals surface area (Å²) in [5, 5.41) is 13.3. The van der Waals surface area contributed by atoms with E-state index in [1.54, 1.807) is 0 Å². The molecule has 2 aliphatic carbocycles. The van der Waals surface area contributed by atoms with Crippen LogP contribution in [0.4, 0.5) is 0 Å². The molecule has 0 amide bonds. The Bertz CT molecular complexity index is 313. The second-order valence-electron chi connectivity index (χ2n) is 4.51. The molecule has 0 spiro atoms. The van der Waals surface area contributed by atoms with Crippen LogP contribution in [0.1, 0.15) is 26.2 Å².